The quantitative estimate of drug-likeness (QED) is 0.877. The summed E-state index contributed by atoms with van der Waals surface area (Å²) in [6, 6.07) is 3.78. The topological polar surface area (TPSA) is 75.6 Å². The van der Waals surface area contributed by atoms with E-state index in [0.717, 1.165) is 6.07 Å². The number of hydrogen-bond donors (Lipinski definition) is 2. The molecule has 1 aromatic rings. The number of rotatable bonds is 3. The molecule has 5 nitrogen and oxygen atoms in total. The van der Waals surface area contributed by atoms with Crippen LogP contribution >= 0.6 is 15.9 Å². The van der Waals surface area contributed by atoms with Crippen molar-refractivity contribution >= 4 is 27.8 Å². The van der Waals surface area contributed by atoms with Crippen molar-refractivity contribution < 1.29 is 23.8 Å². The number of carbonyl (C=O) groups excluding carboxylic acids is 1. The number of benzene rings is 1. The zero-order valence-electron chi connectivity index (χ0n) is 10.5. The zero-order valence-corrected chi connectivity index (χ0v) is 12.1. The first-order valence-electron chi connectivity index (χ1n) is 6.03. The standard InChI is InChI=1S/C13H13BrFNO4/c14-9-7-8(1-2-10(9)15)11(17)16-13(12(18)19)3-5-20-6-4-13/h1-2,7H,3-6H2,(H,16,17)(H,18,19). The molecule has 2 N–H and O–H groups in total. The minimum atomic E-state index is -1.32. The number of halogens is 2. The molecule has 1 heterocycles. The van der Waals surface area contributed by atoms with E-state index in [-0.39, 0.29) is 36.1 Å². The SMILES string of the molecule is O=C(NC1(C(=O)O)CCOCC1)c1ccc(F)c(Br)c1. The van der Waals surface area contributed by atoms with E-state index in [4.69, 9.17) is 4.74 Å². The van der Waals surface area contributed by atoms with E-state index >= 15 is 0 Å². The van der Waals surface area contributed by atoms with Gasteiger partial charge in [0.15, 0.2) is 0 Å². The highest BCUT2D eigenvalue weighted by Crippen LogP contribution is 2.23. The first-order valence-corrected chi connectivity index (χ1v) is 6.83. The van der Waals surface area contributed by atoms with Crippen molar-refractivity contribution in [1.29, 1.82) is 0 Å². The minimum Gasteiger partial charge on any atom is -0.480 e. The van der Waals surface area contributed by atoms with Crippen molar-refractivity contribution in [1.82, 2.24) is 5.32 Å². The van der Waals surface area contributed by atoms with Crippen LogP contribution in [0.1, 0.15) is 23.2 Å². The van der Waals surface area contributed by atoms with Gasteiger partial charge >= 0.3 is 5.97 Å². The number of carboxylic acid groups (broad SMARTS) is 1. The van der Waals surface area contributed by atoms with Crippen LogP contribution in [-0.2, 0) is 9.53 Å². The van der Waals surface area contributed by atoms with Gasteiger partial charge in [0.2, 0.25) is 0 Å². The van der Waals surface area contributed by atoms with Gasteiger partial charge in [-0.1, -0.05) is 0 Å². The molecule has 1 amide bonds. The van der Waals surface area contributed by atoms with Gasteiger partial charge < -0.3 is 15.2 Å². The summed E-state index contributed by atoms with van der Waals surface area (Å²) in [5.74, 6) is -2.12. The Morgan fingerprint density at radius 3 is 2.55 bits per heavy atom. The average molecular weight is 346 g/mol. The Bertz CT molecular complexity index is 543. The molecule has 7 heteroatoms. The Morgan fingerprint density at radius 2 is 2.00 bits per heavy atom. The maximum Gasteiger partial charge on any atom is 0.329 e. The molecule has 1 saturated heterocycles. The number of aliphatic carboxylic acids is 1. The fourth-order valence-corrected chi connectivity index (χ4v) is 2.42. The third kappa shape index (κ3) is 2.99. The summed E-state index contributed by atoms with van der Waals surface area (Å²) < 4.78 is 18.4. The van der Waals surface area contributed by atoms with Gasteiger partial charge in [-0.15, -0.1) is 0 Å². The summed E-state index contributed by atoms with van der Waals surface area (Å²) in [5, 5.41) is 11.9. The lowest BCUT2D eigenvalue weighted by Gasteiger charge is -2.33. The van der Waals surface area contributed by atoms with Crippen molar-refractivity contribution in [3.05, 3.63) is 34.1 Å². The Kier molecular flexibility index (Phi) is 4.39. The summed E-state index contributed by atoms with van der Waals surface area (Å²) in [6.45, 7) is 0.555. The van der Waals surface area contributed by atoms with E-state index in [2.05, 4.69) is 21.2 Å². The number of carbonyl (C=O) groups is 2. The molecule has 0 spiro atoms. The third-order valence-corrected chi connectivity index (χ3v) is 3.90. The maximum atomic E-state index is 13.1. The lowest BCUT2D eigenvalue weighted by Crippen LogP contribution is -2.57. The van der Waals surface area contributed by atoms with Crippen molar-refractivity contribution in [2.75, 3.05) is 13.2 Å². The minimum absolute atomic E-state index is 0.154. The van der Waals surface area contributed by atoms with Crippen molar-refractivity contribution in [3.8, 4) is 0 Å². The highest BCUT2D eigenvalue weighted by atomic mass is 79.9. The van der Waals surface area contributed by atoms with Gasteiger partial charge in [-0.2, -0.15) is 0 Å². The fourth-order valence-electron chi connectivity index (χ4n) is 2.04. The van der Waals surface area contributed by atoms with Crippen LogP contribution in [0.25, 0.3) is 0 Å². The molecule has 0 saturated carbocycles. The van der Waals surface area contributed by atoms with Crippen LogP contribution in [0.15, 0.2) is 22.7 Å². The maximum absolute atomic E-state index is 13.1. The first kappa shape index (κ1) is 14.9. The van der Waals surface area contributed by atoms with Gasteiger partial charge in [0.05, 0.1) is 4.47 Å². The Morgan fingerprint density at radius 1 is 1.35 bits per heavy atom. The molecule has 1 aromatic carbocycles. The highest BCUT2D eigenvalue weighted by Gasteiger charge is 2.41. The Labute approximate surface area is 123 Å². The molecular weight excluding hydrogens is 333 g/mol. The largest absolute Gasteiger partial charge is 0.480 e. The second kappa shape index (κ2) is 5.88. The molecule has 0 bridgehead atoms. The van der Waals surface area contributed by atoms with E-state index in [0.29, 0.717) is 0 Å². The number of ether oxygens (including phenoxy) is 1. The zero-order chi connectivity index (χ0) is 14.8. The van der Waals surface area contributed by atoms with Crippen LogP contribution in [-0.4, -0.2) is 35.7 Å². The summed E-state index contributed by atoms with van der Waals surface area (Å²) >= 11 is 2.99. The number of carboxylic acids is 1. The van der Waals surface area contributed by atoms with E-state index in [1.165, 1.54) is 12.1 Å². The Balaban J connectivity index is 2.20. The molecule has 0 aliphatic carbocycles. The molecule has 0 radical (unpaired) electrons. The van der Waals surface area contributed by atoms with Gasteiger partial charge in [0.25, 0.3) is 5.91 Å². The van der Waals surface area contributed by atoms with E-state index in [9.17, 15) is 19.1 Å². The van der Waals surface area contributed by atoms with E-state index in [1.807, 2.05) is 0 Å². The lowest BCUT2D eigenvalue weighted by atomic mass is 9.89. The van der Waals surface area contributed by atoms with Crippen molar-refractivity contribution in [3.63, 3.8) is 0 Å². The smallest absolute Gasteiger partial charge is 0.329 e. The van der Waals surface area contributed by atoms with Crippen LogP contribution < -0.4 is 5.32 Å². The van der Waals surface area contributed by atoms with Crippen molar-refractivity contribution in [2.45, 2.75) is 18.4 Å². The monoisotopic (exact) mass is 345 g/mol. The first-order chi connectivity index (χ1) is 9.44. The average Bonchev–Trinajstić information content (AvgIpc) is 2.42. The molecule has 1 aliphatic rings. The predicted octanol–water partition coefficient (Wildman–Crippen LogP) is 1.95. The molecule has 0 aromatic heterocycles. The fraction of sp³-hybridized carbons (Fsp3) is 0.385. The van der Waals surface area contributed by atoms with Crippen LogP contribution in [0.3, 0.4) is 0 Å². The van der Waals surface area contributed by atoms with Crippen LogP contribution in [0.2, 0.25) is 0 Å². The third-order valence-electron chi connectivity index (χ3n) is 3.29. The second-order valence-electron chi connectivity index (χ2n) is 4.58. The van der Waals surface area contributed by atoms with Crippen LogP contribution in [0, 0.1) is 5.82 Å². The molecule has 108 valence electrons. The number of amides is 1. The molecule has 1 aliphatic heterocycles. The van der Waals surface area contributed by atoms with Gasteiger partial charge in [-0.25, -0.2) is 9.18 Å². The van der Waals surface area contributed by atoms with Gasteiger partial charge in [0.1, 0.15) is 11.4 Å². The summed E-state index contributed by atoms with van der Waals surface area (Å²) in [4.78, 5) is 23.6. The molecule has 0 unspecified atom stereocenters. The van der Waals surface area contributed by atoms with E-state index in [1.54, 1.807) is 0 Å². The second-order valence-corrected chi connectivity index (χ2v) is 5.44. The number of hydrogen-bond acceptors (Lipinski definition) is 3. The van der Waals surface area contributed by atoms with Crippen LogP contribution in [0.4, 0.5) is 4.39 Å². The molecule has 0 atom stereocenters. The molecule has 20 heavy (non-hydrogen) atoms. The summed E-state index contributed by atoms with van der Waals surface area (Å²) in [7, 11) is 0. The van der Waals surface area contributed by atoms with Crippen molar-refractivity contribution in [2.24, 2.45) is 0 Å². The predicted molar refractivity (Wildman–Crippen MR) is 72.0 cm³/mol. The summed E-state index contributed by atoms with van der Waals surface area (Å²) in [6.07, 6.45) is 0.410. The van der Waals surface area contributed by atoms with Crippen LogP contribution in [0.5, 0.6) is 0 Å². The molecule has 2 rings (SSSR count). The Hall–Kier alpha value is -1.47. The van der Waals surface area contributed by atoms with Gasteiger partial charge in [-0.3, -0.25) is 4.79 Å². The van der Waals surface area contributed by atoms with Gasteiger partial charge in [-0.05, 0) is 34.1 Å². The van der Waals surface area contributed by atoms with E-state index < -0.39 is 23.2 Å². The molecular formula is C13H13BrFNO4. The number of nitrogens with one attached hydrogen (secondary N) is 1. The lowest BCUT2D eigenvalue weighted by molar-refractivity contribution is -0.148. The molecule has 1 fully saturated rings. The van der Waals surface area contributed by atoms with Gasteiger partial charge in [0, 0.05) is 31.6 Å². The normalized spacial score (nSPS) is 17.5. The highest BCUT2D eigenvalue weighted by molar-refractivity contribution is 9.10. The summed E-state index contributed by atoms with van der Waals surface area (Å²) in [5.41, 5.74) is -1.12.